The monoisotopic (exact) mass is 341 g/mol. The molecule has 0 bridgehead atoms. The molecule has 0 aliphatic carbocycles. The van der Waals surface area contributed by atoms with Crippen LogP contribution in [0.5, 0.6) is 5.88 Å². The van der Waals surface area contributed by atoms with Crippen molar-refractivity contribution in [3.63, 3.8) is 0 Å². The van der Waals surface area contributed by atoms with E-state index >= 15 is 0 Å². The Bertz CT molecular complexity index is 668. The molecular weight excluding hydrogens is 318 g/mol. The molecule has 0 radical (unpaired) electrons. The van der Waals surface area contributed by atoms with Crippen molar-refractivity contribution in [1.29, 1.82) is 0 Å². The highest BCUT2D eigenvalue weighted by Crippen LogP contribution is 2.11. The number of carbonyl (C=O) groups is 1. The third kappa shape index (κ3) is 5.19. The predicted molar refractivity (Wildman–Crippen MR) is 94.8 cm³/mol. The molecule has 0 saturated carbocycles. The molecule has 1 amide bonds. The Balaban J connectivity index is 1.42. The van der Waals surface area contributed by atoms with Crippen molar-refractivity contribution in [3.05, 3.63) is 59.8 Å². The first-order chi connectivity index (χ1) is 12.2. The van der Waals surface area contributed by atoms with E-state index in [-0.39, 0.29) is 0 Å². The van der Waals surface area contributed by atoms with Crippen LogP contribution >= 0.6 is 0 Å². The maximum absolute atomic E-state index is 10.9. The summed E-state index contributed by atoms with van der Waals surface area (Å²) < 4.78 is 5.62. The minimum atomic E-state index is -0.822. The van der Waals surface area contributed by atoms with Crippen LogP contribution in [-0.4, -0.2) is 58.8 Å². The molecule has 0 atom stereocenters. The number of piperazine rings is 1. The first-order valence-electron chi connectivity index (χ1n) is 8.52. The molecule has 6 nitrogen and oxygen atoms in total. The molecule has 0 unspecified atom stereocenters. The average Bonchev–Trinajstić information content (AvgIpc) is 2.64. The molecule has 1 fully saturated rings. The quantitative estimate of drug-likeness (QED) is 0.874. The summed E-state index contributed by atoms with van der Waals surface area (Å²) in [6, 6.07) is 14.2. The molecule has 2 heterocycles. The fourth-order valence-electron chi connectivity index (χ4n) is 2.87. The van der Waals surface area contributed by atoms with Crippen molar-refractivity contribution in [2.75, 3.05) is 32.8 Å². The number of carboxylic acid groups (broad SMARTS) is 1. The van der Waals surface area contributed by atoms with E-state index in [0.29, 0.717) is 25.6 Å². The second-order valence-electron chi connectivity index (χ2n) is 6.13. The lowest BCUT2D eigenvalue weighted by Gasteiger charge is -2.33. The Morgan fingerprint density at radius 2 is 1.76 bits per heavy atom. The van der Waals surface area contributed by atoms with Gasteiger partial charge in [0.05, 0.1) is 6.61 Å². The first kappa shape index (κ1) is 17.2. The highest BCUT2D eigenvalue weighted by Gasteiger charge is 2.20. The van der Waals surface area contributed by atoms with Gasteiger partial charge in [-0.3, -0.25) is 4.90 Å². The zero-order valence-corrected chi connectivity index (χ0v) is 14.2. The number of hydrogen-bond donors (Lipinski definition) is 1. The van der Waals surface area contributed by atoms with Crippen LogP contribution in [0.15, 0.2) is 48.7 Å². The Hall–Kier alpha value is -2.60. The van der Waals surface area contributed by atoms with Crippen molar-refractivity contribution >= 4 is 6.09 Å². The van der Waals surface area contributed by atoms with E-state index in [1.54, 1.807) is 6.20 Å². The number of nitrogens with zero attached hydrogens (tertiary/aromatic N) is 3. The van der Waals surface area contributed by atoms with Crippen LogP contribution in [-0.2, 0) is 13.0 Å². The Labute approximate surface area is 147 Å². The van der Waals surface area contributed by atoms with Gasteiger partial charge in [-0.1, -0.05) is 30.3 Å². The Morgan fingerprint density at radius 1 is 1.04 bits per heavy atom. The van der Waals surface area contributed by atoms with E-state index in [1.807, 2.05) is 18.2 Å². The molecule has 1 aliphatic rings. The zero-order chi connectivity index (χ0) is 17.5. The van der Waals surface area contributed by atoms with Crippen molar-refractivity contribution in [1.82, 2.24) is 14.8 Å². The van der Waals surface area contributed by atoms with Crippen molar-refractivity contribution in [2.24, 2.45) is 0 Å². The molecular formula is C19H23N3O3. The minimum absolute atomic E-state index is 0.582. The van der Waals surface area contributed by atoms with Crippen LogP contribution in [0.3, 0.4) is 0 Å². The first-order valence-corrected chi connectivity index (χ1v) is 8.52. The highest BCUT2D eigenvalue weighted by molar-refractivity contribution is 5.65. The molecule has 3 rings (SSSR count). The molecule has 1 aromatic heterocycles. The van der Waals surface area contributed by atoms with Gasteiger partial charge in [-0.15, -0.1) is 0 Å². The maximum Gasteiger partial charge on any atom is 0.407 e. The predicted octanol–water partition coefficient (Wildman–Crippen LogP) is 2.50. The van der Waals surface area contributed by atoms with Crippen molar-refractivity contribution in [2.45, 2.75) is 13.0 Å². The summed E-state index contributed by atoms with van der Waals surface area (Å²) >= 11 is 0. The highest BCUT2D eigenvalue weighted by atomic mass is 16.5. The molecule has 1 saturated heterocycles. The summed E-state index contributed by atoms with van der Waals surface area (Å²) in [5, 5.41) is 8.98. The molecule has 0 spiro atoms. The number of aromatic nitrogens is 1. The fraction of sp³-hybridized carbons (Fsp3) is 0.368. The van der Waals surface area contributed by atoms with Crippen LogP contribution in [0.4, 0.5) is 4.79 Å². The molecule has 2 aromatic rings. The van der Waals surface area contributed by atoms with Gasteiger partial charge in [0.1, 0.15) is 0 Å². The largest absolute Gasteiger partial charge is 0.477 e. The number of hydrogen-bond acceptors (Lipinski definition) is 4. The van der Waals surface area contributed by atoms with E-state index in [4.69, 9.17) is 9.84 Å². The number of amides is 1. The lowest BCUT2D eigenvalue weighted by atomic mass is 10.1. The standard InChI is InChI=1S/C19H23N3O3/c23-19(24)22-12-10-21(11-13-22)15-17-6-4-16(5-7-17)8-14-25-18-3-1-2-9-20-18/h1-7,9H,8,10-15H2,(H,23,24). The topological polar surface area (TPSA) is 65.9 Å². The van der Waals surface area contributed by atoms with E-state index in [9.17, 15) is 4.79 Å². The lowest BCUT2D eigenvalue weighted by molar-refractivity contribution is 0.103. The van der Waals surface area contributed by atoms with Crippen LogP contribution in [0, 0.1) is 0 Å². The van der Waals surface area contributed by atoms with Crippen LogP contribution < -0.4 is 4.74 Å². The van der Waals surface area contributed by atoms with Crippen molar-refractivity contribution in [3.8, 4) is 5.88 Å². The second-order valence-corrected chi connectivity index (χ2v) is 6.13. The smallest absolute Gasteiger partial charge is 0.407 e. The number of ether oxygens (including phenoxy) is 1. The normalized spacial score (nSPS) is 15.1. The van der Waals surface area contributed by atoms with Gasteiger partial charge < -0.3 is 14.7 Å². The maximum atomic E-state index is 10.9. The minimum Gasteiger partial charge on any atom is -0.477 e. The third-order valence-electron chi connectivity index (χ3n) is 4.35. The Kier molecular flexibility index (Phi) is 5.85. The van der Waals surface area contributed by atoms with Gasteiger partial charge in [0.15, 0.2) is 0 Å². The molecule has 25 heavy (non-hydrogen) atoms. The van der Waals surface area contributed by atoms with E-state index in [2.05, 4.69) is 34.1 Å². The number of pyridine rings is 1. The van der Waals surface area contributed by atoms with Gasteiger partial charge in [0.25, 0.3) is 0 Å². The summed E-state index contributed by atoms with van der Waals surface area (Å²) in [6.45, 7) is 4.19. The zero-order valence-electron chi connectivity index (χ0n) is 14.2. The fourth-order valence-corrected chi connectivity index (χ4v) is 2.87. The summed E-state index contributed by atoms with van der Waals surface area (Å²) in [6.07, 6.45) is 1.74. The number of rotatable bonds is 6. The average molecular weight is 341 g/mol. The molecule has 132 valence electrons. The summed E-state index contributed by atoms with van der Waals surface area (Å²) in [5.41, 5.74) is 2.48. The summed E-state index contributed by atoms with van der Waals surface area (Å²) in [5.74, 6) is 0.652. The molecule has 6 heteroatoms. The van der Waals surface area contributed by atoms with Crippen LogP contribution in [0.2, 0.25) is 0 Å². The van der Waals surface area contributed by atoms with Gasteiger partial charge in [-0.25, -0.2) is 9.78 Å². The summed E-state index contributed by atoms with van der Waals surface area (Å²) in [4.78, 5) is 18.8. The van der Waals surface area contributed by atoms with E-state index < -0.39 is 6.09 Å². The van der Waals surface area contributed by atoms with Crippen LogP contribution in [0.25, 0.3) is 0 Å². The molecule has 1 aromatic carbocycles. The number of benzene rings is 1. The Morgan fingerprint density at radius 3 is 2.40 bits per heavy atom. The van der Waals surface area contributed by atoms with Crippen molar-refractivity contribution < 1.29 is 14.6 Å². The van der Waals surface area contributed by atoms with Gasteiger partial charge in [-0.05, 0) is 17.2 Å². The van der Waals surface area contributed by atoms with E-state index in [1.165, 1.54) is 16.0 Å². The lowest BCUT2D eigenvalue weighted by Crippen LogP contribution is -2.47. The van der Waals surface area contributed by atoms with E-state index in [0.717, 1.165) is 26.1 Å². The third-order valence-corrected chi connectivity index (χ3v) is 4.35. The van der Waals surface area contributed by atoms with Crippen LogP contribution in [0.1, 0.15) is 11.1 Å². The SMILES string of the molecule is O=C(O)N1CCN(Cc2ccc(CCOc3ccccn3)cc2)CC1. The summed E-state index contributed by atoms with van der Waals surface area (Å²) in [7, 11) is 0. The van der Waals surface area contributed by atoms with Gasteiger partial charge >= 0.3 is 6.09 Å². The van der Waals surface area contributed by atoms with Gasteiger partial charge in [0, 0.05) is 51.4 Å². The van der Waals surface area contributed by atoms with Gasteiger partial charge in [0.2, 0.25) is 5.88 Å². The van der Waals surface area contributed by atoms with Gasteiger partial charge in [-0.2, -0.15) is 0 Å². The second kappa shape index (κ2) is 8.48. The molecule has 1 aliphatic heterocycles. The molecule has 1 N–H and O–H groups in total.